The molecule has 3 heteroatoms. The largest absolute Gasteiger partial charge is 0.328 e. The molecule has 1 heterocycles. The van der Waals surface area contributed by atoms with Crippen LogP contribution in [0.3, 0.4) is 0 Å². The predicted octanol–water partition coefficient (Wildman–Crippen LogP) is 3.35. The maximum absolute atomic E-state index is 11.8. The van der Waals surface area contributed by atoms with Crippen LogP contribution in [0, 0.1) is 18.3 Å². The zero-order chi connectivity index (χ0) is 14.0. The summed E-state index contributed by atoms with van der Waals surface area (Å²) in [4.78, 5) is 14.5. The van der Waals surface area contributed by atoms with E-state index in [0.29, 0.717) is 0 Å². The van der Waals surface area contributed by atoms with Crippen molar-refractivity contribution in [2.24, 2.45) is 0 Å². The molecule has 0 radical (unpaired) electrons. The summed E-state index contributed by atoms with van der Waals surface area (Å²) in [6.45, 7) is 6.10. The fourth-order valence-corrected chi connectivity index (χ4v) is 2.22. The Kier molecular flexibility index (Phi) is 3.52. The van der Waals surface area contributed by atoms with E-state index in [-0.39, 0.29) is 17.0 Å². The van der Waals surface area contributed by atoms with Gasteiger partial charge in [0.25, 0.3) is 5.56 Å². The molecule has 96 valence electrons. The first-order valence-electron chi connectivity index (χ1n) is 6.27. The summed E-state index contributed by atoms with van der Waals surface area (Å²) in [6.07, 6.45) is 1.71. The number of aromatic amines is 1. The van der Waals surface area contributed by atoms with Gasteiger partial charge in [0, 0.05) is 11.8 Å². The first kappa shape index (κ1) is 13.1. The van der Waals surface area contributed by atoms with Gasteiger partial charge in [0.2, 0.25) is 0 Å². The molecule has 19 heavy (non-hydrogen) atoms. The van der Waals surface area contributed by atoms with Gasteiger partial charge in [0.15, 0.2) is 0 Å². The van der Waals surface area contributed by atoms with E-state index < -0.39 is 0 Å². The van der Waals surface area contributed by atoms with Gasteiger partial charge in [-0.2, -0.15) is 5.26 Å². The quantitative estimate of drug-likeness (QED) is 0.891. The Hall–Kier alpha value is -2.34. The number of rotatable bonds is 2. The van der Waals surface area contributed by atoms with Gasteiger partial charge in [-0.05, 0) is 24.0 Å². The SMILES string of the molecule is Cc1cccc(-c2c(C(C)C)c[nH]c(=O)c2C#N)c1. The van der Waals surface area contributed by atoms with Crippen molar-refractivity contribution < 1.29 is 0 Å². The number of nitrogens with zero attached hydrogens (tertiary/aromatic N) is 1. The average molecular weight is 252 g/mol. The lowest BCUT2D eigenvalue weighted by molar-refractivity contribution is 0.857. The normalized spacial score (nSPS) is 10.5. The second-order valence-corrected chi connectivity index (χ2v) is 4.96. The number of aromatic nitrogens is 1. The summed E-state index contributed by atoms with van der Waals surface area (Å²) >= 11 is 0. The van der Waals surface area contributed by atoms with Crippen LogP contribution in [-0.4, -0.2) is 4.98 Å². The third kappa shape index (κ3) is 2.43. The smallest absolute Gasteiger partial charge is 0.266 e. The van der Waals surface area contributed by atoms with Crippen LogP contribution in [0.5, 0.6) is 0 Å². The van der Waals surface area contributed by atoms with Crippen LogP contribution in [0.25, 0.3) is 11.1 Å². The van der Waals surface area contributed by atoms with Crippen molar-refractivity contribution in [2.75, 3.05) is 0 Å². The Morgan fingerprint density at radius 2 is 2.05 bits per heavy atom. The van der Waals surface area contributed by atoms with E-state index in [9.17, 15) is 10.1 Å². The van der Waals surface area contributed by atoms with E-state index in [2.05, 4.69) is 4.98 Å². The topological polar surface area (TPSA) is 56.6 Å². The fourth-order valence-electron chi connectivity index (χ4n) is 2.22. The van der Waals surface area contributed by atoms with Crippen LogP contribution in [0.15, 0.2) is 35.3 Å². The summed E-state index contributed by atoms with van der Waals surface area (Å²) < 4.78 is 0. The molecule has 1 N–H and O–H groups in total. The zero-order valence-corrected chi connectivity index (χ0v) is 11.3. The van der Waals surface area contributed by atoms with Gasteiger partial charge in [0.1, 0.15) is 11.6 Å². The van der Waals surface area contributed by atoms with E-state index >= 15 is 0 Å². The number of hydrogen-bond donors (Lipinski definition) is 1. The molecule has 2 aromatic rings. The molecule has 0 aliphatic carbocycles. The number of pyridine rings is 1. The molecule has 1 aromatic heterocycles. The Balaban J connectivity index is 2.84. The molecule has 2 rings (SSSR count). The minimum absolute atomic E-state index is 0.191. The van der Waals surface area contributed by atoms with Gasteiger partial charge >= 0.3 is 0 Å². The second kappa shape index (κ2) is 5.11. The zero-order valence-electron chi connectivity index (χ0n) is 11.3. The van der Waals surface area contributed by atoms with Gasteiger partial charge in [0.05, 0.1) is 0 Å². The molecule has 0 unspecified atom stereocenters. The summed E-state index contributed by atoms with van der Waals surface area (Å²) in [5.74, 6) is 0.236. The second-order valence-electron chi connectivity index (χ2n) is 4.96. The third-order valence-corrected chi connectivity index (χ3v) is 3.17. The fraction of sp³-hybridized carbons (Fsp3) is 0.250. The van der Waals surface area contributed by atoms with E-state index in [1.807, 2.05) is 51.1 Å². The number of nitrogens with one attached hydrogen (secondary N) is 1. The summed E-state index contributed by atoms with van der Waals surface area (Å²) in [5.41, 5.74) is 3.63. The maximum atomic E-state index is 11.8. The first-order chi connectivity index (χ1) is 9.04. The number of hydrogen-bond acceptors (Lipinski definition) is 2. The van der Waals surface area contributed by atoms with Gasteiger partial charge in [-0.15, -0.1) is 0 Å². The van der Waals surface area contributed by atoms with Gasteiger partial charge < -0.3 is 4.98 Å². The van der Waals surface area contributed by atoms with Crippen LogP contribution in [0.4, 0.5) is 0 Å². The molecule has 3 nitrogen and oxygen atoms in total. The molecule has 0 saturated heterocycles. The van der Waals surface area contributed by atoms with Gasteiger partial charge in [-0.3, -0.25) is 4.79 Å². The van der Waals surface area contributed by atoms with Crippen molar-refractivity contribution in [1.29, 1.82) is 5.26 Å². The molecule has 0 saturated carbocycles. The lowest BCUT2D eigenvalue weighted by Gasteiger charge is -2.14. The third-order valence-electron chi connectivity index (χ3n) is 3.17. The highest BCUT2D eigenvalue weighted by atomic mass is 16.1. The Morgan fingerprint density at radius 1 is 1.32 bits per heavy atom. The van der Waals surface area contributed by atoms with Crippen LogP contribution in [0.1, 0.15) is 36.5 Å². The molecular weight excluding hydrogens is 236 g/mol. The highest BCUT2D eigenvalue weighted by molar-refractivity contribution is 5.74. The standard InChI is InChI=1S/C16H16N2O/c1-10(2)14-9-18-16(19)13(8-17)15(14)12-6-4-5-11(3)7-12/h4-7,9-10H,1-3H3,(H,18,19). The molecule has 0 spiro atoms. The molecule has 0 aliphatic rings. The van der Waals surface area contributed by atoms with Crippen LogP contribution in [0.2, 0.25) is 0 Å². The van der Waals surface area contributed by atoms with Gasteiger partial charge in [-0.25, -0.2) is 0 Å². The Labute approximate surface area is 112 Å². The number of benzene rings is 1. The first-order valence-corrected chi connectivity index (χ1v) is 6.27. The van der Waals surface area contributed by atoms with Gasteiger partial charge in [-0.1, -0.05) is 43.7 Å². The highest BCUT2D eigenvalue weighted by Gasteiger charge is 2.16. The minimum atomic E-state index is -0.330. The van der Waals surface area contributed by atoms with E-state index in [4.69, 9.17) is 0 Å². The van der Waals surface area contributed by atoms with E-state index in [0.717, 1.165) is 22.3 Å². The molecule has 0 aliphatic heterocycles. The molecule has 0 bridgehead atoms. The van der Waals surface area contributed by atoms with E-state index in [1.165, 1.54) is 0 Å². The van der Waals surface area contributed by atoms with Crippen molar-refractivity contribution in [1.82, 2.24) is 4.98 Å². The van der Waals surface area contributed by atoms with Crippen molar-refractivity contribution >= 4 is 0 Å². The lowest BCUT2D eigenvalue weighted by Crippen LogP contribution is -2.13. The molecular formula is C16H16N2O. The maximum Gasteiger partial charge on any atom is 0.266 e. The number of nitriles is 1. The predicted molar refractivity (Wildman–Crippen MR) is 76.0 cm³/mol. The van der Waals surface area contributed by atoms with Crippen molar-refractivity contribution in [3.63, 3.8) is 0 Å². The van der Waals surface area contributed by atoms with Crippen molar-refractivity contribution in [2.45, 2.75) is 26.7 Å². The lowest BCUT2D eigenvalue weighted by atomic mass is 9.90. The van der Waals surface area contributed by atoms with E-state index in [1.54, 1.807) is 6.20 Å². The summed E-state index contributed by atoms with van der Waals surface area (Å²) in [5, 5.41) is 9.27. The van der Waals surface area contributed by atoms with Crippen LogP contribution >= 0.6 is 0 Å². The van der Waals surface area contributed by atoms with Crippen molar-refractivity contribution in [3.05, 3.63) is 57.5 Å². The average Bonchev–Trinajstić information content (AvgIpc) is 2.37. The number of aryl methyl sites for hydroxylation is 1. The molecule has 0 amide bonds. The van der Waals surface area contributed by atoms with Crippen LogP contribution in [-0.2, 0) is 0 Å². The molecule has 0 atom stereocenters. The Bertz CT molecular complexity index is 705. The van der Waals surface area contributed by atoms with Crippen molar-refractivity contribution in [3.8, 4) is 17.2 Å². The highest BCUT2D eigenvalue weighted by Crippen LogP contribution is 2.30. The Morgan fingerprint density at radius 3 is 2.63 bits per heavy atom. The minimum Gasteiger partial charge on any atom is -0.328 e. The molecule has 1 aromatic carbocycles. The molecule has 0 fully saturated rings. The summed E-state index contributed by atoms with van der Waals surface area (Å²) in [6, 6.07) is 9.91. The number of H-pyrrole nitrogens is 1. The summed E-state index contributed by atoms with van der Waals surface area (Å²) in [7, 11) is 0. The monoisotopic (exact) mass is 252 g/mol. The van der Waals surface area contributed by atoms with Crippen LogP contribution < -0.4 is 5.56 Å².